The molecule has 5 nitrogen and oxygen atoms in total. The number of nitro groups is 1. The fourth-order valence-electron chi connectivity index (χ4n) is 1.02. The van der Waals surface area contributed by atoms with E-state index in [-0.39, 0.29) is 17.9 Å². The van der Waals surface area contributed by atoms with Crippen molar-refractivity contribution in [2.45, 2.75) is 24.1 Å². The summed E-state index contributed by atoms with van der Waals surface area (Å²) in [5.41, 5.74) is 0. The van der Waals surface area contributed by atoms with Gasteiger partial charge in [-0.25, -0.2) is 0 Å². The molecule has 1 aliphatic heterocycles. The molecule has 0 spiro atoms. The van der Waals surface area contributed by atoms with Crippen LogP contribution in [0.25, 0.3) is 0 Å². The molecule has 3 atom stereocenters. The number of alkyl halides is 1. The molecule has 11 heavy (non-hydrogen) atoms. The third kappa shape index (κ3) is 2.02. The summed E-state index contributed by atoms with van der Waals surface area (Å²) in [6.45, 7) is 0.192. The van der Waals surface area contributed by atoms with Crippen LogP contribution < -0.4 is 5.32 Å². The molecule has 1 rings (SSSR count). The number of aliphatic hydroxyl groups is 1. The molecule has 0 radical (unpaired) electrons. The van der Waals surface area contributed by atoms with Crippen LogP contribution in [0.15, 0.2) is 0 Å². The Kier molecular flexibility index (Phi) is 2.64. The van der Waals surface area contributed by atoms with Crippen LogP contribution in [0.3, 0.4) is 0 Å². The molecule has 0 saturated carbocycles. The average molecular weight is 181 g/mol. The molecule has 0 amide bonds. The smallest absolute Gasteiger partial charge is 0.227 e. The topological polar surface area (TPSA) is 75.4 Å². The highest BCUT2D eigenvalue weighted by molar-refractivity contribution is 6.21. The first-order valence-electron chi connectivity index (χ1n) is 3.30. The Morgan fingerprint density at radius 2 is 2.36 bits per heavy atom. The van der Waals surface area contributed by atoms with Crippen molar-refractivity contribution in [3.63, 3.8) is 0 Å². The van der Waals surface area contributed by atoms with Gasteiger partial charge in [0.15, 0.2) is 0 Å². The number of halogens is 1. The molecule has 1 fully saturated rings. The SMILES string of the molecule is O=[N+]([O-])C1CNC(O)C(Cl)C1. The van der Waals surface area contributed by atoms with E-state index in [1.54, 1.807) is 0 Å². The maximum atomic E-state index is 10.2. The van der Waals surface area contributed by atoms with Gasteiger partial charge in [-0.1, -0.05) is 0 Å². The third-order valence-electron chi connectivity index (χ3n) is 1.70. The van der Waals surface area contributed by atoms with Crippen molar-refractivity contribution in [2.24, 2.45) is 0 Å². The molecule has 0 aromatic rings. The zero-order valence-electron chi connectivity index (χ0n) is 5.74. The summed E-state index contributed by atoms with van der Waals surface area (Å²) >= 11 is 5.59. The van der Waals surface area contributed by atoms with Crippen LogP contribution in [0.4, 0.5) is 0 Å². The Bertz CT molecular complexity index is 166. The van der Waals surface area contributed by atoms with E-state index in [1.807, 2.05) is 0 Å². The van der Waals surface area contributed by atoms with Gasteiger partial charge in [-0.3, -0.25) is 15.4 Å². The Labute approximate surface area is 68.5 Å². The maximum absolute atomic E-state index is 10.2. The van der Waals surface area contributed by atoms with Gasteiger partial charge in [-0.15, -0.1) is 11.6 Å². The Balaban J connectivity index is 2.46. The molecular formula is C5H9ClN2O3. The molecule has 0 aromatic heterocycles. The van der Waals surface area contributed by atoms with E-state index in [4.69, 9.17) is 16.7 Å². The number of nitrogens with one attached hydrogen (secondary N) is 1. The number of hydrogen-bond acceptors (Lipinski definition) is 4. The van der Waals surface area contributed by atoms with Crippen LogP contribution >= 0.6 is 11.6 Å². The Morgan fingerprint density at radius 3 is 2.82 bits per heavy atom. The first kappa shape index (κ1) is 8.70. The molecule has 3 unspecified atom stereocenters. The van der Waals surface area contributed by atoms with Crippen molar-refractivity contribution in [3.05, 3.63) is 10.1 Å². The normalized spacial score (nSPS) is 38.5. The average Bonchev–Trinajstić information content (AvgIpc) is 1.94. The monoisotopic (exact) mass is 180 g/mol. The predicted octanol–water partition coefficient (Wildman–Crippen LogP) is -0.449. The zero-order chi connectivity index (χ0) is 8.43. The van der Waals surface area contributed by atoms with Gasteiger partial charge < -0.3 is 5.11 Å². The van der Waals surface area contributed by atoms with Gasteiger partial charge in [-0.05, 0) is 0 Å². The molecule has 0 aromatic carbocycles. The molecule has 2 N–H and O–H groups in total. The van der Waals surface area contributed by atoms with Gasteiger partial charge in [0.05, 0.1) is 11.9 Å². The second kappa shape index (κ2) is 3.34. The van der Waals surface area contributed by atoms with Crippen LogP contribution in [0.2, 0.25) is 0 Å². The van der Waals surface area contributed by atoms with Crippen molar-refractivity contribution in [1.82, 2.24) is 5.32 Å². The van der Waals surface area contributed by atoms with E-state index in [1.165, 1.54) is 0 Å². The molecule has 1 aliphatic rings. The standard InChI is InChI=1S/C5H9ClN2O3/c6-4-1-3(8(10)11)2-7-5(4)9/h3-5,7,9H,1-2H2. The first-order valence-corrected chi connectivity index (χ1v) is 3.74. The van der Waals surface area contributed by atoms with Gasteiger partial charge in [-0.2, -0.15) is 0 Å². The van der Waals surface area contributed by atoms with Crippen molar-refractivity contribution < 1.29 is 10.0 Å². The molecule has 1 saturated heterocycles. The molecule has 6 heteroatoms. The van der Waals surface area contributed by atoms with Gasteiger partial charge >= 0.3 is 0 Å². The third-order valence-corrected chi connectivity index (χ3v) is 2.12. The molecule has 0 bridgehead atoms. The fourth-order valence-corrected chi connectivity index (χ4v) is 1.31. The van der Waals surface area contributed by atoms with Crippen molar-refractivity contribution in [2.75, 3.05) is 6.54 Å². The quantitative estimate of drug-likeness (QED) is 0.326. The fraction of sp³-hybridized carbons (Fsp3) is 1.00. The van der Waals surface area contributed by atoms with Crippen LogP contribution in [-0.2, 0) is 0 Å². The van der Waals surface area contributed by atoms with Gasteiger partial charge in [0.2, 0.25) is 6.04 Å². The minimum absolute atomic E-state index is 0.192. The molecule has 64 valence electrons. The van der Waals surface area contributed by atoms with Crippen molar-refractivity contribution in [1.29, 1.82) is 0 Å². The van der Waals surface area contributed by atoms with Crippen LogP contribution in [-0.4, -0.2) is 34.2 Å². The van der Waals surface area contributed by atoms with Crippen molar-refractivity contribution >= 4 is 11.6 Å². The maximum Gasteiger partial charge on any atom is 0.227 e. The number of aliphatic hydroxyl groups excluding tert-OH is 1. The second-order valence-corrected chi connectivity index (χ2v) is 3.10. The lowest BCUT2D eigenvalue weighted by Gasteiger charge is -2.25. The van der Waals surface area contributed by atoms with Gasteiger partial charge in [0.1, 0.15) is 6.23 Å². The van der Waals surface area contributed by atoms with E-state index < -0.39 is 17.6 Å². The number of rotatable bonds is 1. The summed E-state index contributed by atoms with van der Waals surface area (Å²) in [5.74, 6) is 0. The summed E-state index contributed by atoms with van der Waals surface area (Å²) in [7, 11) is 0. The summed E-state index contributed by atoms with van der Waals surface area (Å²) in [5, 5.41) is 21.2. The minimum atomic E-state index is -0.812. The van der Waals surface area contributed by atoms with Crippen molar-refractivity contribution in [3.8, 4) is 0 Å². The lowest BCUT2D eigenvalue weighted by atomic mass is 10.1. The summed E-state index contributed by atoms with van der Waals surface area (Å²) in [4.78, 5) is 9.85. The molecule has 0 aliphatic carbocycles. The Morgan fingerprint density at radius 1 is 1.73 bits per heavy atom. The molecule has 1 heterocycles. The van der Waals surface area contributed by atoms with E-state index in [0.29, 0.717) is 0 Å². The Hall–Kier alpha value is -0.390. The number of nitrogens with zero attached hydrogens (tertiary/aromatic N) is 1. The lowest BCUT2D eigenvalue weighted by Crippen LogP contribution is -2.50. The number of piperidine rings is 1. The first-order chi connectivity index (χ1) is 5.11. The van der Waals surface area contributed by atoms with E-state index >= 15 is 0 Å². The second-order valence-electron chi connectivity index (χ2n) is 2.54. The zero-order valence-corrected chi connectivity index (χ0v) is 6.49. The largest absolute Gasteiger partial charge is 0.377 e. The van der Waals surface area contributed by atoms with Crippen LogP contribution in [0.5, 0.6) is 0 Å². The highest BCUT2D eigenvalue weighted by atomic mass is 35.5. The van der Waals surface area contributed by atoms with E-state index in [2.05, 4.69) is 5.32 Å². The summed E-state index contributed by atoms with van der Waals surface area (Å²) in [6, 6.07) is -0.666. The van der Waals surface area contributed by atoms with Crippen LogP contribution in [0.1, 0.15) is 6.42 Å². The van der Waals surface area contributed by atoms with E-state index in [0.717, 1.165) is 0 Å². The molecular weight excluding hydrogens is 172 g/mol. The van der Waals surface area contributed by atoms with E-state index in [9.17, 15) is 10.1 Å². The van der Waals surface area contributed by atoms with Crippen LogP contribution in [0, 0.1) is 10.1 Å². The highest BCUT2D eigenvalue weighted by Crippen LogP contribution is 2.15. The van der Waals surface area contributed by atoms with Gasteiger partial charge in [0.25, 0.3) is 0 Å². The minimum Gasteiger partial charge on any atom is -0.377 e. The number of hydrogen-bond donors (Lipinski definition) is 2. The predicted molar refractivity (Wildman–Crippen MR) is 39.0 cm³/mol. The highest BCUT2D eigenvalue weighted by Gasteiger charge is 2.33. The van der Waals surface area contributed by atoms with Gasteiger partial charge in [0, 0.05) is 11.3 Å². The lowest BCUT2D eigenvalue weighted by molar-refractivity contribution is -0.524. The summed E-state index contributed by atoms with van der Waals surface area (Å²) in [6.07, 6.45) is -0.587. The summed E-state index contributed by atoms with van der Waals surface area (Å²) < 4.78 is 0.